The highest BCUT2D eigenvalue weighted by Gasteiger charge is 2.51. The summed E-state index contributed by atoms with van der Waals surface area (Å²) in [7, 11) is 0. The Morgan fingerprint density at radius 3 is 2.60 bits per heavy atom. The van der Waals surface area contributed by atoms with Crippen LogP contribution < -0.4 is 11.1 Å². The van der Waals surface area contributed by atoms with Gasteiger partial charge in [0.1, 0.15) is 24.0 Å². The third-order valence-corrected chi connectivity index (χ3v) is 4.71. The standard InChI is InChI=1S/C18H16F6N4O2/c19-12-3-2-10(5-11(12)17(16(20)21)8-30-7-14(25)28-17)27-15(29)13-4-1-9(6-26-13)18(22,23)24/h1-4,6,11,16H,5,7-8H2,(H2,25,28)(H,27,29)/t11?,17-/m0/s1. The van der Waals surface area contributed by atoms with E-state index in [1.165, 1.54) is 6.08 Å². The molecule has 0 bridgehead atoms. The number of aliphatic imine (C=N–C) groups is 1. The van der Waals surface area contributed by atoms with Gasteiger partial charge in [-0.2, -0.15) is 13.2 Å². The molecule has 1 unspecified atom stereocenters. The predicted molar refractivity (Wildman–Crippen MR) is 93.3 cm³/mol. The molecule has 2 aliphatic rings. The first-order chi connectivity index (χ1) is 14.0. The van der Waals surface area contributed by atoms with Crippen LogP contribution in [0.3, 0.4) is 0 Å². The summed E-state index contributed by atoms with van der Waals surface area (Å²) in [5, 5.41) is 2.35. The van der Waals surface area contributed by atoms with E-state index < -0.39 is 48.0 Å². The van der Waals surface area contributed by atoms with Crippen LogP contribution in [-0.2, 0) is 10.9 Å². The number of carbonyl (C=O) groups excluding carboxylic acids is 1. The van der Waals surface area contributed by atoms with Gasteiger partial charge in [-0.1, -0.05) is 0 Å². The minimum atomic E-state index is -4.61. The number of nitrogens with one attached hydrogen (secondary N) is 1. The van der Waals surface area contributed by atoms with Gasteiger partial charge >= 0.3 is 6.18 Å². The number of aromatic nitrogens is 1. The Labute approximate surface area is 166 Å². The smallest absolute Gasteiger partial charge is 0.386 e. The van der Waals surface area contributed by atoms with Crippen LogP contribution >= 0.6 is 0 Å². The average molecular weight is 434 g/mol. The summed E-state index contributed by atoms with van der Waals surface area (Å²) in [6.07, 6.45) is -5.50. The van der Waals surface area contributed by atoms with Crippen molar-refractivity contribution in [3.05, 3.63) is 53.3 Å². The second-order valence-corrected chi connectivity index (χ2v) is 6.77. The molecule has 0 spiro atoms. The molecular formula is C18H16F6N4O2. The Bertz CT molecular complexity index is 910. The van der Waals surface area contributed by atoms with Gasteiger partial charge in [0.25, 0.3) is 12.3 Å². The molecule has 1 aliphatic carbocycles. The maximum absolute atomic E-state index is 14.4. The van der Waals surface area contributed by atoms with E-state index in [2.05, 4.69) is 15.3 Å². The van der Waals surface area contributed by atoms with E-state index in [0.29, 0.717) is 12.3 Å². The number of alkyl halides is 5. The third kappa shape index (κ3) is 4.32. The molecule has 1 aromatic heterocycles. The lowest BCUT2D eigenvalue weighted by atomic mass is 9.78. The van der Waals surface area contributed by atoms with E-state index in [-0.39, 0.29) is 30.3 Å². The zero-order valence-electron chi connectivity index (χ0n) is 15.2. The molecule has 12 heteroatoms. The number of allylic oxidation sites excluding steroid dienone is 3. The summed E-state index contributed by atoms with van der Waals surface area (Å²) in [4.78, 5) is 19.5. The van der Waals surface area contributed by atoms with Gasteiger partial charge in [-0.15, -0.1) is 0 Å². The summed E-state index contributed by atoms with van der Waals surface area (Å²) < 4.78 is 85.0. The van der Waals surface area contributed by atoms with Gasteiger partial charge in [0, 0.05) is 17.8 Å². The monoisotopic (exact) mass is 434 g/mol. The van der Waals surface area contributed by atoms with Crippen LogP contribution in [0.2, 0.25) is 0 Å². The van der Waals surface area contributed by atoms with Crippen LogP contribution in [-0.4, -0.2) is 41.9 Å². The first kappa shape index (κ1) is 21.8. The number of hydrogen-bond donors (Lipinski definition) is 2. The first-order valence-electron chi connectivity index (χ1n) is 8.64. The molecule has 0 radical (unpaired) electrons. The molecule has 0 aromatic carbocycles. The molecular weight excluding hydrogens is 418 g/mol. The summed E-state index contributed by atoms with van der Waals surface area (Å²) in [6.45, 7) is -0.732. The van der Waals surface area contributed by atoms with Crippen LogP contribution in [0, 0.1) is 5.92 Å². The number of ether oxygens (including phenoxy) is 1. The third-order valence-electron chi connectivity index (χ3n) is 4.71. The van der Waals surface area contributed by atoms with E-state index in [4.69, 9.17) is 10.5 Å². The summed E-state index contributed by atoms with van der Waals surface area (Å²) in [5.41, 5.74) is 1.94. The summed E-state index contributed by atoms with van der Waals surface area (Å²) in [6, 6.07) is 1.55. The molecule has 6 nitrogen and oxygen atoms in total. The largest absolute Gasteiger partial charge is 0.417 e. The van der Waals surface area contributed by atoms with Crippen LogP contribution in [0.25, 0.3) is 0 Å². The average Bonchev–Trinajstić information content (AvgIpc) is 2.68. The fourth-order valence-corrected chi connectivity index (χ4v) is 3.19. The number of amidine groups is 1. The molecule has 3 rings (SSSR count). The van der Waals surface area contributed by atoms with E-state index in [0.717, 1.165) is 12.1 Å². The Kier molecular flexibility index (Phi) is 5.88. The lowest BCUT2D eigenvalue weighted by Gasteiger charge is -2.39. The number of amides is 1. The van der Waals surface area contributed by atoms with Gasteiger partial charge in [-0.05, 0) is 30.7 Å². The minimum absolute atomic E-state index is 0.0625. The van der Waals surface area contributed by atoms with E-state index >= 15 is 0 Å². The van der Waals surface area contributed by atoms with E-state index in [1.807, 2.05) is 0 Å². The first-order valence-corrected chi connectivity index (χ1v) is 8.64. The number of nitrogens with zero attached hydrogens (tertiary/aromatic N) is 2. The zero-order chi connectivity index (χ0) is 22.1. The normalized spacial score (nSPS) is 24.8. The maximum Gasteiger partial charge on any atom is 0.417 e. The molecule has 30 heavy (non-hydrogen) atoms. The van der Waals surface area contributed by atoms with Gasteiger partial charge in [0.15, 0.2) is 5.54 Å². The number of nitrogens with two attached hydrogens (primary N) is 1. The Balaban J connectivity index is 1.78. The number of halogens is 6. The van der Waals surface area contributed by atoms with Crippen LogP contribution in [0.5, 0.6) is 0 Å². The molecule has 0 saturated heterocycles. The SMILES string of the molecule is NC1=N[C@](C(F)F)(C2CC(NC(=O)c3ccc(C(F)(F)F)cn3)=CC=C2F)COC1. The highest BCUT2D eigenvalue weighted by molar-refractivity contribution is 5.93. The quantitative estimate of drug-likeness (QED) is 0.714. The topological polar surface area (TPSA) is 89.6 Å². The van der Waals surface area contributed by atoms with Crippen molar-refractivity contribution in [3.8, 4) is 0 Å². The summed E-state index contributed by atoms with van der Waals surface area (Å²) in [5.74, 6) is -3.43. The number of pyridine rings is 1. The van der Waals surface area contributed by atoms with Crippen molar-refractivity contribution in [1.29, 1.82) is 0 Å². The maximum atomic E-state index is 14.4. The highest BCUT2D eigenvalue weighted by Crippen LogP contribution is 2.42. The fourth-order valence-electron chi connectivity index (χ4n) is 3.19. The zero-order valence-corrected chi connectivity index (χ0v) is 15.2. The van der Waals surface area contributed by atoms with Crippen LogP contribution in [0.15, 0.2) is 47.0 Å². The lowest BCUT2D eigenvalue weighted by molar-refractivity contribution is -0.137. The van der Waals surface area contributed by atoms with Crippen molar-refractivity contribution in [1.82, 2.24) is 10.3 Å². The molecule has 162 valence electrons. The van der Waals surface area contributed by atoms with Gasteiger partial charge in [0.05, 0.1) is 12.2 Å². The van der Waals surface area contributed by atoms with Crippen molar-refractivity contribution in [3.63, 3.8) is 0 Å². The van der Waals surface area contributed by atoms with Crippen LogP contribution in [0.1, 0.15) is 22.5 Å². The van der Waals surface area contributed by atoms with Crippen molar-refractivity contribution in [2.45, 2.75) is 24.6 Å². The molecule has 0 fully saturated rings. The Morgan fingerprint density at radius 2 is 2.03 bits per heavy atom. The molecule has 0 saturated carbocycles. The van der Waals surface area contributed by atoms with Gasteiger partial charge in [0.2, 0.25) is 0 Å². The van der Waals surface area contributed by atoms with E-state index in [9.17, 15) is 31.1 Å². The second-order valence-electron chi connectivity index (χ2n) is 6.77. The van der Waals surface area contributed by atoms with Crippen molar-refractivity contribution in [2.24, 2.45) is 16.6 Å². The molecule has 2 atom stereocenters. The minimum Gasteiger partial charge on any atom is -0.386 e. The van der Waals surface area contributed by atoms with Gasteiger partial charge in [-0.25, -0.2) is 13.2 Å². The van der Waals surface area contributed by atoms with E-state index in [1.54, 1.807) is 0 Å². The number of carbonyl (C=O) groups is 1. The highest BCUT2D eigenvalue weighted by atomic mass is 19.4. The van der Waals surface area contributed by atoms with Crippen molar-refractivity contribution < 1.29 is 35.9 Å². The lowest BCUT2D eigenvalue weighted by Crippen LogP contribution is -2.53. The molecule has 1 aromatic rings. The predicted octanol–water partition coefficient (Wildman–Crippen LogP) is 2.98. The molecule has 2 heterocycles. The van der Waals surface area contributed by atoms with Crippen molar-refractivity contribution >= 4 is 11.7 Å². The molecule has 1 amide bonds. The fraction of sp³-hybridized carbons (Fsp3) is 0.389. The number of rotatable bonds is 4. The van der Waals surface area contributed by atoms with Crippen molar-refractivity contribution in [2.75, 3.05) is 13.2 Å². The summed E-state index contributed by atoms with van der Waals surface area (Å²) >= 11 is 0. The Hall–Kier alpha value is -2.89. The Morgan fingerprint density at radius 1 is 1.30 bits per heavy atom. The molecule has 1 aliphatic heterocycles. The van der Waals surface area contributed by atoms with Crippen LogP contribution in [0.4, 0.5) is 26.3 Å². The van der Waals surface area contributed by atoms with Gasteiger partial charge < -0.3 is 15.8 Å². The molecule has 3 N–H and O–H groups in total. The number of hydrogen-bond acceptors (Lipinski definition) is 5. The second kappa shape index (κ2) is 8.09. The van der Waals surface area contributed by atoms with Gasteiger partial charge in [-0.3, -0.25) is 14.8 Å².